The molecular formula is C10H13N5. The van der Waals surface area contributed by atoms with E-state index >= 15 is 0 Å². The molecule has 2 aromatic heterocycles. The van der Waals surface area contributed by atoms with Crippen molar-refractivity contribution < 1.29 is 0 Å². The lowest BCUT2D eigenvalue weighted by Crippen LogP contribution is -1.91. The summed E-state index contributed by atoms with van der Waals surface area (Å²) in [4.78, 5) is 8.49. The van der Waals surface area contributed by atoms with Crippen molar-refractivity contribution in [2.45, 2.75) is 19.8 Å². The first-order chi connectivity index (χ1) is 7.16. The molecule has 78 valence electrons. The third-order valence-corrected chi connectivity index (χ3v) is 2.07. The van der Waals surface area contributed by atoms with E-state index in [1.54, 1.807) is 12.3 Å². The normalized spacial score (nSPS) is 10.9. The molecule has 0 aliphatic carbocycles. The topological polar surface area (TPSA) is 80.5 Å². The van der Waals surface area contributed by atoms with Crippen molar-refractivity contribution in [3.63, 3.8) is 0 Å². The quantitative estimate of drug-likeness (QED) is 0.776. The second-order valence-corrected chi connectivity index (χ2v) is 3.68. The van der Waals surface area contributed by atoms with Crippen LogP contribution in [0.3, 0.4) is 0 Å². The predicted molar refractivity (Wildman–Crippen MR) is 58.1 cm³/mol. The molecule has 2 rings (SSSR count). The molecule has 0 fully saturated rings. The molecule has 2 heterocycles. The SMILES string of the molecule is CC(C)c1nc(-c2ccc(N)cn2)n[nH]1. The van der Waals surface area contributed by atoms with Crippen LogP contribution in [0.2, 0.25) is 0 Å². The third kappa shape index (κ3) is 1.96. The fourth-order valence-electron chi connectivity index (χ4n) is 1.18. The summed E-state index contributed by atoms with van der Waals surface area (Å²) in [5, 5.41) is 6.98. The van der Waals surface area contributed by atoms with Crippen LogP contribution in [0, 0.1) is 0 Å². The smallest absolute Gasteiger partial charge is 0.199 e. The maximum atomic E-state index is 5.55. The van der Waals surface area contributed by atoms with E-state index in [4.69, 9.17) is 5.73 Å². The zero-order chi connectivity index (χ0) is 10.8. The monoisotopic (exact) mass is 203 g/mol. The first kappa shape index (κ1) is 9.64. The molecule has 0 aliphatic rings. The minimum Gasteiger partial charge on any atom is -0.397 e. The van der Waals surface area contributed by atoms with Gasteiger partial charge in [0, 0.05) is 5.92 Å². The molecule has 0 unspecified atom stereocenters. The molecule has 2 aromatic rings. The van der Waals surface area contributed by atoms with E-state index in [2.05, 4.69) is 34.0 Å². The first-order valence-electron chi connectivity index (χ1n) is 4.81. The highest BCUT2D eigenvalue weighted by molar-refractivity contribution is 5.51. The van der Waals surface area contributed by atoms with Crippen LogP contribution >= 0.6 is 0 Å². The van der Waals surface area contributed by atoms with E-state index in [1.165, 1.54) is 0 Å². The molecular weight excluding hydrogens is 190 g/mol. The van der Waals surface area contributed by atoms with Gasteiger partial charge < -0.3 is 5.73 Å². The maximum absolute atomic E-state index is 5.55. The average Bonchev–Trinajstić information content (AvgIpc) is 2.68. The van der Waals surface area contributed by atoms with Gasteiger partial charge >= 0.3 is 0 Å². The van der Waals surface area contributed by atoms with Crippen molar-refractivity contribution >= 4 is 5.69 Å². The molecule has 3 N–H and O–H groups in total. The van der Waals surface area contributed by atoms with Gasteiger partial charge in [-0.1, -0.05) is 13.8 Å². The highest BCUT2D eigenvalue weighted by Gasteiger charge is 2.08. The number of aromatic nitrogens is 4. The zero-order valence-corrected chi connectivity index (χ0v) is 8.73. The minimum absolute atomic E-state index is 0.333. The fourth-order valence-corrected chi connectivity index (χ4v) is 1.18. The van der Waals surface area contributed by atoms with Gasteiger partial charge in [-0.25, -0.2) is 4.98 Å². The standard InChI is InChI=1S/C10H13N5/c1-6(2)9-13-10(15-14-9)8-4-3-7(11)5-12-8/h3-6H,11H2,1-2H3,(H,13,14,15). The molecule has 0 atom stereocenters. The van der Waals surface area contributed by atoms with Crippen molar-refractivity contribution in [1.82, 2.24) is 20.2 Å². The summed E-state index contributed by atoms with van der Waals surface area (Å²) in [5.41, 5.74) is 6.91. The lowest BCUT2D eigenvalue weighted by molar-refractivity contribution is 0.781. The van der Waals surface area contributed by atoms with Gasteiger partial charge in [-0.05, 0) is 12.1 Å². The van der Waals surface area contributed by atoms with E-state index in [0.717, 1.165) is 11.5 Å². The Balaban J connectivity index is 2.33. The van der Waals surface area contributed by atoms with Gasteiger partial charge in [0.2, 0.25) is 0 Å². The Labute approximate surface area is 87.8 Å². The number of rotatable bonds is 2. The van der Waals surface area contributed by atoms with Crippen LogP contribution in [0.5, 0.6) is 0 Å². The summed E-state index contributed by atoms with van der Waals surface area (Å²) >= 11 is 0. The van der Waals surface area contributed by atoms with E-state index in [1.807, 2.05) is 6.07 Å². The van der Waals surface area contributed by atoms with Gasteiger partial charge in [0.05, 0.1) is 11.9 Å². The van der Waals surface area contributed by atoms with Crippen LogP contribution in [0.1, 0.15) is 25.6 Å². The Kier molecular flexibility index (Phi) is 2.37. The Bertz CT molecular complexity index is 443. The van der Waals surface area contributed by atoms with E-state index in [9.17, 15) is 0 Å². The maximum Gasteiger partial charge on any atom is 0.199 e. The Morgan fingerprint density at radius 2 is 2.13 bits per heavy atom. The molecule has 0 radical (unpaired) electrons. The van der Waals surface area contributed by atoms with E-state index in [0.29, 0.717) is 17.4 Å². The van der Waals surface area contributed by atoms with Crippen LogP contribution in [0.4, 0.5) is 5.69 Å². The number of hydrogen-bond acceptors (Lipinski definition) is 4. The lowest BCUT2D eigenvalue weighted by Gasteiger charge is -1.96. The van der Waals surface area contributed by atoms with E-state index in [-0.39, 0.29) is 0 Å². The highest BCUT2D eigenvalue weighted by Crippen LogP contribution is 2.15. The Morgan fingerprint density at radius 1 is 1.33 bits per heavy atom. The Hall–Kier alpha value is -1.91. The number of nitrogen functional groups attached to an aromatic ring is 1. The highest BCUT2D eigenvalue weighted by atomic mass is 15.2. The molecule has 0 aromatic carbocycles. The van der Waals surface area contributed by atoms with Crippen LogP contribution < -0.4 is 5.73 Å². The third-order valence-electron chi connectivity index (χ3n) is 2.07. The second-order valence-electron chi connectivity index (χ2n) is 3.68. The van der Waals surface area contributed by atoms with Crippen molar-refractivity contribution in [3.05, 3.63) is 24.2 Å². The molecule has 0 saturated carbocycles. The average molecular weight is 203 g/mol. The van der Waals surface area contributed by atoms with Crippen LogP contribution in [0.25, 0.3) is 11.5 Å². The van der Waals surface area contributed by atoms with Crippen molar-refractivity contribution in [1.29, 1.82) is 0 Å². The number of aromatic amines is 1. The van der Waals surface area contributed by atoms with Crippen LogP contribution in [0.15, 0.2) is 18.3 Å². The van der Waals surface area contributed by atoms with Gasteiger partial charge in [0.1, 0.15) is 11.5 Å². The summed E-state index contributed by atoms with van der Waals surface area (Å²) in [7, 11) is 0. The minimum atomic E-state index is 0.333. The van der Waals surface area contributed by atoms with Crippen molar-refractivity contribution in [2.24, 2.45) is 0 Å². The van der Waals surface area contributed by atoms with Gasteiger partial charge in [-0.15, -0.1) is 0 Å². The summed E-state index contributed by atoms with van der Waals surface area (Å²) in [6.45, 7) is 4.11. The van der Waals surface area contributed by atoms with E-state index < -0.39 is 0 Å². The molecule has 0 bridgehead atoms. The van der Waals surface area contributed by atoms with Crippen molar-refractivity contribution in [2.75, 3.05) is 5.73 Å². The number of nitrogens with two attached hydrogens (primary N) is 1. The summed E-state index contributed by atoms with van der Waals surface area (Å²) in [5.74, 6) is 1.81. The number of nitrogens with one attached hydrogen (secondary N) is 1. The second kappa shape index (κ2) is 3.68. The fraction of sp³-hybridized carbons (Fsp3) is 0.300. The Morgan fingerprint density at radius 3 is 2.67 bits per heavy atom. The molecule has 0 saturated heterocycles. The number of anilines is 1. The van der Waals surface area contributed by atoms with Crippen LogP contribution in [-0.2, 0) is 0 Å². The van der Waals surface area contributed by atoms with Gasteiger partial charge in [0.15, 0.2) is 5.82 Å². The first-order valence-corrected chi connectivity index (χ1v) is 4.81. The summed E-state index contributed by atoms with van der Waals surface area (Å²) in [6.07, 6.45) is 1.60. The summed E-state index contributed by atoms with van der Waals surface area (Å²) in [6, 6.07) is 3.59. The number of nitrogens with zero attached hydrogens (tertiary/aromatic N) is 3. The lowest BCUT2D eigenvalue weighted by atomic mass is 10.2. The number of pyridine rings is 1. The number of hydrogen-bond donors (Lipinski definition) is 2. The zero-order valence-electron chi connectivity index (χ0n) is 8.73. The van der Waals surface area contributed by atoms with Gasteiger partial charge in [-0.3, -0.25) is 10.1 Å². The molecule has 15 heavy (non-hydrogen) atoms. The molecule has 0 amide bonds. The molecule has 0 aliphatic heterocycles. The number of H-pyrrole nitrogens is 1. The largest absolute Gasteiger partial charge is 0.397 e. The molecule has 5 heteroatoms. The summed E-state index contributed by atoms with van der Waals surface area (Å²) < 4.78 is 0. The van der Waals surface area contributed by atoms with Crippen molar-refractivity contribution in [3.8, 4) is 11.5 Å². The van der Waals surface area contributed by atoms with Crippen LogP contribution in [-0.4, -0.2) is 20.2 Å². The van der Waals surface area contributed by atoms with Gasteiger partial charge in [-0.2, -0.15) is 5.10 Å². The molecule has 5 nitrogen and oxygen atoms in total. The van der Waals surface area contributed by atoms with Gasteiger partial charge in [0.25, 0.3) is 0 Å². The predicted octanol–water partition coefficient (Wildman–Crippen LogP) is 1.57. The molecule has 0 spiro atoms.